The van der Waals surface area contributed by atoms with E-state index in [4.69, 9.17) is 5.11 Å². The summed E-state index contributed by atoms with van der Waals surface area (Å²) >= 11 is 0. The van der Waals surface area contributed by atoms with Crippen LogP contribution >= 0.6 is 0 Å². The molecule has 0 aliphatic heterocycles. The Morgan fingerprint density at radius 3 is 2.70 bits per heavy atom. The molecule has 0 amide bonds. The molecule has 0 aromatic heterocycles. The fourth-order valence-corrected chi connectivity index (χ4v) is 0.315. The summed E-state index contributed by atoms with van der Waals surface area (Å²) < 4.78 is 4.51. The number of carbonyl (C=O) groups excluding carboxylic acids is 1. The zero-order valence-corrected chi connectivity index (χ0v) is 5.88. The van der Waals surface area contributed by atoms with Gasteiger partial charge in [0.25, 0.3) is 0 Å². The predicted molar refractivity (Wildman–Crippen MR) is 37.9 cm³/mol. The van der Waals surface area contributed by atoms with Crippen molar-refractivity contribution in [3.8, 4) is 0 Å². The minimum atomic E-state index is -0.391. The van der Waals surface area contributed by atoms with Crippen LogP contribution in [-0.2, 0) is 9.53 Å². The van der Waals surface area contributed by atoms with E-state index in [2.05, 4.69) is 11.3 Å². The van der Waals surface area contributed by atoms with Gasteiger partial charge in [0.1, 0.15) is 6.61 Å². The van der Waals surface area contributed by atoms with Gasteiger partial charge in [-0.3, -0.25) is 4.79 Å². The average molecular weight is 147 g/mol. The van der Waals surface area contributed by atoms with Crippen LogP contribution in [0.5, 0.6) is 0 Å². The lowest BCUT2D eigenvalue weighted by Crippen LogP contribution is -2.05. The number of carbonyl (C=O) groups is 1. The second kappa shape index (κ2) is 8.13. The summed E-state index contributed by atoms with van der Waals surface area (Å²) in [6.07, 6.45) is 1.54. The van der Waals surface area contributed by atoms with Gasteiger partial charge < -0.3 is 16.0 Å². The Hall–Kier alpha value is -0.870. The van der Waals surface area contributed by atoms with Crippen molar-refractivity contribution in [2.24, 2.45) is 0 Å². The third kappa shape index (κ3) is 7.13. The van der Waals surface area contributed by atoms with Crippen LogP contribution in [0.1, 0.15) is 6.42 Å². The summed E-state index contributed by atoms with van der Waals surface area (Å²) in [5, 5.41) is 8.21. The largest absolute Gasteiger partial charge is 0.461 e. The smallest absolute Gasteiger partial charge is 0.308 e. The van der Waals surface area contributed by atoms with Gasteiger partial charge in [-0.1, -0.05) is 12.7 Å². The van der Waals surface area contributed by atoms with Crippen LogP contribution in [0.3, 0.4) is 0 Å². The lowest BCUT2D eigenvalue weighted by molar-refractivity contribution is -0.143. The van der Waals surface area contributed by atoms with Crippen molar-refractivity contribution in [2.75, 3.05) is 13.2 Å². The van der Waals surface area contributed by atoms with E-state index in [9.17, 15) is 4.79 Å². The van der Waals surface area contributed by atoms with Gasteiger partial charge in [0.15, 0.2) is 0 Å². The Morgan fingerprint density at radius 1 is 1.70 bits per heavy atom. The summed E-state index contributed by atoms with van der Waals surface area (Å²) in [7, 11) is 0. The molecule has 0 unspecified atom stereocenters. The molecule has 0 rings (SSSR count). The van der Waals surface area contributed by atoms with Gasteiger partial charge in [-0.05, 0) is 0 Å². The molecule has 0 radical (unpaired) electrons. The first-order valence-corrected chi connectivity index (χ1v) is 2.68. The highest BCUT2D eigenvalue weighted by atomic mass is 16.5. The SMILES string of the molecule is C=CCOC(=O)CCO.N. The summed E-state index contributed by atoms with van der Waals surface area (Å²) in [6.45, 7) is 3.42. The zero-order chi connectivity index (χ0) is 7.11. The molecule has 0 saturated heterocycles. The molecule has 10 heavy (non-hydrogen) atoms. The van der Waals surface area contributed by atoms with Crippen molar-refractivity contribution in [1.82, 2.24) is 6.15 Å². The minimum Gasteiger partial charge on any atom is -0.461 e. The van der Waals surface area contributed by atoms with Crippen LogP contribution in [0.2, 0.25) is 0 Å². The Balaban J connectivity index is 0. The molecular formula is C6H13NO3. The van der Waals surface area contributed by atoms with Gasteiger partial charge in [-0.15, -0.1) is 0 Å². The van der Waals surface area contributed by atoms with Crippen LogP contribution in [-0.4, -0.2) is 24.3 Å². The molecule has 0 aliphatic rings. The van der Waals surface area contributed by atoms with E-state index >= 15 is 0 Å². The normalized spacial score (nSPS) is 7.70. The van der Waals surface area contributed by atoms with E-state index in [0.29, 0.717) is 0 Å². The van der Waals surface area contributed by atoms with E-state index in [0.717, 1.165) is 0 Å². The van der Waals surface area contributed by atoms with E-state index in [-0.39, 0.29) is 25.8 Å². The van der Waals surface area contributed by atoms with Crippen LogP contribution in [0.4, 0.5) is 0 Å². The van der Waals surface area contributed by atoms with Gasteiger partial charge in [0.2, 0.25) is 0 Å². The molecule has 0 bridgehead atoms. The lowest BCUT2D eigenvalue weighted by atomic mass is 10.5. The molecule has 0 heterocycles. The van der Waals surface area contributed by atoms with Crippen LogP contribution < -0.4 is 6.15 Å². The lowest BCUT2D eigenvalue weighted by Gasteiger charge is -1.96. The van der Waals surface area contributed by atoms with Crippen LogP contribution in [0.15, 0.2) is 12.7 Å². The molecule has 4 heteroatoms. The van der Waals surface area contributed by atoms with Crippen LogP contribution in [0, 0.1) is 0 Å². The Bertz CT molecular complexity index is 103. The second-order valence-electron chi connectivity index (χ2n) is 1.45. The number of aliphatic hydroxyl groups excluding tert-OH is 1. The molecule has 0 spiro atoms. The maximum atomic E-state index is 10.4. The fourth-order valence-electron chi connectivity index (χ4n) is 0.315. The second-order valence-corrected chi connectivity index (χ2v) is 1.45. The van der Waals surface area contributed by atoms with Crippen molar-refractivity contribution in [1.29, 1.82) is 0 Å². The fraction of sp³-hybridized carbons (Fsp3) is 0.500. The number of hydrogen-bond acceptors (Lipinski definition) is 4. The van der Waals surface area contributed by atoms with Crippen molar-refractivity contribution in [2.45, 2.75) is 6.42 Å². The van der Waals surface area contributed by atoms with Crippen molar-refractivity contribution in [3.05, 3.63) is 12.7 Å². The topological polar surface area (TPSA) is 81.5 Å². The molecule has 0 aliphatic carbocycles. The Labute approximate surface area is 60.1 Å². The molecule has 60 valence electrons. The molecule has 0 aromatic carbocycles. The number of ether oxygens (including phenoxy) is 1. The first-order chi connectivity index (χ1) is 4.31. The quantitative estimate of drug-likeness (QED) is 0.441. The summed E-state index contributed by atoms with van der Waals surface area (Å²) in [5.74, 6) is -0.391. The van der Waals surface area contributed by atoms with E-state index in [1.807, 2.05) is 0 Å². The monoisotopic (exact) mass is 147 g/mol. The van der Waals surface area contributed by atoms with Gasteiger partial charge in [0.05, 0.1) is 13.0 Å². The zero-order valence-electron chi connectivity index (χ0n) is 5.88. The number of rotatable bonds is 4. The highest BCUT2D eigenvalue weighted by Crippen LogP contribution is 1.83. The summed E-state index contributed by atoms with van der Waals surface area (Å²) in [5.41, 5.74) is 0. The summed E-state index contributed by atoms with van der Waals surface area (Å²) in [6, 6.07) is 0. The predicted octanol–water partition coefficient (Wildman–Crippen LogP) is 0.260. The van der Waals surface area contributed by atoms with Gasteiger partial charge in [0, 0.05) is 0 Å². The third-order valence-corrected chi connectivity index (χ3v) is 0.678. The highest BCUT2D eigenvalue weighted by molar-refractivity contribution is 5.69. The molecule has 0 saturated carbocycles. The van der Waals surface area contributed by atoms with E-state index in [1.54, 1.807) is 0 Å². The standard InChI is InChI=1S/C6H10O3.H3N/c1-2-5-9-6(8)3-4-7;/h2,7H,1,3-5H2;1H3. The average Bonchev–Trinajstić information content (AvgIpc) is 1.85. The van der Waals surface area contributed by atoms with E-state index in [1.165, 1.54) is 6.08 Å². The molecule has 4 N–H and O–H groups in total. The first kappa shape index (κ1) is 11.9. The molecule has 0 aromatic rings. The summed E-state index contributed by atoms with van der Waals surface area (Å²) in [4.78, 5) is 10.4. The van der Waals surface area contributed by atoms with Gasteiger partial charge >= 0.3 is 5.97 Å². The minimum absolute atomic E-state index is 0. The van der Waals surface area contributed by atoms with Gasteiger partial charge in [-0.2, -0.15) is 0 Å². The molecule has 4 nitrogen and oxygen atoms in total. The van der Waals surface area contributed by atoms with E-state index < -0.39 is 5.97 Å². The van der Waals surface area contributed by atoms with Crippen molar-refractivity contribution >= 4 is 5.97 Å². The Kier molecular flexibility index (Phi) is 9.65. The molecular weight excluding hydrogens is 134 g/mol. The molecule has 0 atom stereocenters. The Morgan fingerprint density at radius 2 is 2.30 bits per heavy atom. The van der Waals surface area contributed by atoms with Crippen molar-refractivity contribution < 1.29 is 14.6 Å². The number of hydrogen-bond donors (Lipinski definition) is 2. The first-order valence-electron chi connectivity index (χ1n) is 2.68. The maximum absolute atomic E-state index is 10.4. The highest BCUT2D eigenvalue weighted by Gasteiger charge is 1.97. The third-order valence-electron chi connectivity index (χ3n) is 0.678. The molecule has 0 fully saturated rings. The maximum Gasteiger partial charge on any atom is 0.308 e. The number of esters is 1. The van der Waals surface area contributed by atoms with Crippen molar-refractivity contribution in [3.63, 3.8) is 0 Å². The number of aliphatic hydroxyl groups is 1. The van der Waals surface area contributed by atoms with Crippen LogP contribution in [0.25, 0.3) is 0 Å². The van der Waals surface area contributed by atoms with Gasteiger partial charge in [-0.25, -0.2) is 0 Å².